The van der Waals surface area contributed by atoms with E-state index in [1.165, 1.54) is 15.9 Å². The van der Waals surface area contributed by atoms with E-state index in [1.54, 1.807) is 14.2 Å². The lowest BCUT2D eigenvalue weighted by Crippen LogP contribution is -2.66. The molecule has 3 atom stereocenters. The molecule has 0 N–H and O–H groups in total. The lowest BCUT2D eigenvalue weighted by Gasteiger charge is -2.43. The molecule has 2 aliphatic rings. The van der Waals surface area contributed by atoms with E-state index in [2.05, 4.69) is 108 Å². The van der Waals surface area contributed by atoms with E-state index < -0.39 is 20.1 Å². The number of hydrogen-bond donors (Lipinski definition) is 0. The van der Waals surface area contributed by atoms with Crippen molar-refractivity contribution in [2.75, 3.05) is 20.8 Å². The molecular weight excluding hydrogens is 556 g/mol. The van der Waals surface area contributed by atoms with Crippen LogP contribution in [0.2, 0.25) is 5.04 Å². The van der Waals surface area contributed by atoms with Crippen molar-refractivity contribution >= 4 is 24.8 Å². The molecule has 1 aliphatic carbocycles. The molecule has 0 spiro atoms. The first-order valence-electron chi connectivity index (χ1n) is 15.6. The summed E-state index contributed by atoms with van der Waals surface area (Å²) >= 11 is 0. The number of rotatable bonds is 14. The maximum atomic E-state index is 12.5. The summed E-state index contributed by atoms with van der Waals surface area (Å²) in [6.45, 7) is 16.4. The molecule has 2 bridgehead atoms. The van der Waals surface area contributed by atoms with Gasteiger partial charge in [-0.3, -0.25) is 0 Å². The van der Waals surface area contributed by atoms with E-state index in [0.717, 1.165) is 18.4 Å². The number of methoxy groups -OCH3 is 2. The van der Waals surface area contributed by atoms with Gasteiger partial charge in [-0.25, -0.2) is 4.79 Å². The van der Waals surface area contributed by atoms with Gasteiger partial charge in [-0.05, 0) is 52.6 Å². The SMILES string of the molecule is C=C(CCC(OC)OC)[C@]12CC[C@H](OC(=O)O1)[C@@H]2/C=C(\CCO[Si](c1ccccc1)(c1ccccc1)C(C)(C)C)C(C)C. The van der Waals surface area contributed by atoms with Gasteiger partial charge in [0.2, 0.25) is 0 Å². The highest BCUT2D eigenvalue weighted by molar-refractivity contribution is 6.99. The average Bonchev–Trinajstić information content (AvgIpc) is 3.20. The maximum absolute atomic E-state index is 12.5. The van der Waals surface area contributed by atoms with Gasteiger partial charge < -0.3 is 23.4 Å². The fraction of sp³-hybridized carbons (Fsp3) is 0.528. The summed E-state index contributed by atoms with van der Waals surface area (Å²) in [5, 5.41) is 2.46. The van der Waals surface area contributed by atoms with Crippen LogP contribution in [0.1, 0.15) is 66.7 Å². The van der Waals surface area contributed by atoms with Crippen LogP contribution in [0, 0.1) is 11.8 Å². The Labute approximate surface area is 259 Å². The lowest BCUT2D eigenvalue weighted by molar-refractivity contribution is -0.110. The Balaban J connectivity index is 1.63. The second-order valence-corrected chi connectivity index (χ2v) is 17.5. The minimum atomic E-state index is -2.65. The van der Waals surface area contributed by atoms with Crippen LogP contribution in [0.4, 0.5) is 4.79 Å². The molecule has 1 aliphatic heterocycles. The molecule has 1 heterocycles. The van der Waals surface area contributed by atoms with E-state index >= 15 is 0 Å². The third-order valence-electron chi connectivity index (χ3n) is 9.32. The number of ether oxygens (including phenoxy) is 4. The summed E-state index contributed by atoms with van der Waals surface area (Å²) in [7, 11) is 0.611. The van der Waals surface area contributed by atoms with Crippen molar-refractivity contribution in [3.05, 3.63) is 84.5 Å². The van der Waals surface area contributed by atoms with Crippen LogP contribution in [0.3, 0.4) is 0 Å². The van der Waals surface area contributed by atoms with Gasteiger partial charge in [-0.1, -0.05) is 114 Å². The molecule has 0 radical (unpaired) electrons. The van der Waals surface area contributed by atoms with Gasteiger partial charge in [0.05, 0.1) is 5.92 Å². The summed E-state index contributed by atoms with van der Waals surface area (Å²) < 4.78 is 29.8. The van der Waals surface area contributed by atoms with Crippen LogP contribution >= 0.6 is 0 Å². The second-order valence-electron chi connectivity index (χ2n) is 13.2. The summed E-state index contributed by atoms with van der Waals surface area (Å²) in [6, 6.07) is 21.5. The minimum absolute atomic E-state index is 0.0913. The van der Waals surface area contributed by atoms with Crippen molar-refractivity contribution in [3.63, 3.8) is 0 Å². The monoisotopic (exact) mass is 606 g/mol. The van der Waals surface area contributed by atoms with Gasteiger partial charge in [-0.2, -0.15) is 0 Å². The third-order valence-corrected chi connectivity index (χ3v) is 14.4. The normalized spacial score (nSPS) is 22.5. The molecule has 7 heteroatoms. The lowest BCUT2D eigenvalue weighted by atomic mass is 9.78. The molecule has 1 saturated carbocycles. The molecule has 234 valence electrons. The van der Waals surface area contributed by atoms with Crippen LogP contribution in [0.25, 0.3) is 0 Å². The van der Waals surface area contributed by atoms with Crippen molar-refractivity contribution in [2.45, 2.75) is 89.8 Å². The van der Waals surface area contributed by atoms with Gasteiger partial charge in [-0.15, -0.1) is 0 Å². The Bertz CT molecular complexity index is 1210. The van der Waals surface area contributed by atoms with Crippen LogP contribution in [-0.2, 0) is 23.4 Å². The number of carbonyl (C=O) groups is 1. The van der Waals surface area contributed by atoms with Gasteiger partial charge in [0.25, 0.3) is 8.32 Å². The zero-order valence-corrected chi connectivity index (χ0v) is 28.1. The Morgan fingerprint density at radius 2 is 1.60 bits per heavy atom. The second kappa shape index (κ2) is 13.9. The smallest absolute Gasteiger partial charge is 0.430 e. The topological polar surface area (TPSA) is 63.2 Å². The molecule has 0 amide bonds. The maximum Gasteiger partial charge on any atom is 0.509 e. The van der Waals surface area contributed by atoms with E-state index in [1.807, 2.05) is 0 Å². The first-order chi connectivity index (χ1) is 20.5. The zero-order chi connectivity index (χ0) is 31.3. The first-order valence-corrected chi connectivity index (χ1v) is 17.5. The molecule has 2 aromatic carbocycles. The van der Waals surface area contributed by atoms with Gasteiger partial charge >= 0.3 is 6.16 Å². The number of fused-ring (bicyclic) bond motifs is 2. The standard InChI is InChI=1S/C36H50O6Si/c1-26(2)28(25-31-32-21-23-36(31,42-34(37)41-32)27(3)19-20-33(38-7)39-8)22-24-40-43(35(4,5)6,29-15-11-9-12-16-29)30-17-13-10-14-18-30/h9-18,25-26,31-33H,3,19-24H2,1-2,4-8H3/b28-25+/t31-,32-,36-/m0/s1. The van der Waals surface area contributed by atoms with Crippen LogP contribution < -0.4 is 10.4 Å². The van der Waals surface area contributed by atoms with Gasteiger partial charge in [0.1, 0.15) is 11.7 Å². The molecule has 43 heavy (non-hydrogen) atoms. The summed E-state index contributed by atoms with van der Waals surface area (Å²) in [6.07, 6.45) is 4.61. The predicted octanol–water partition coefficient (Wildman–Crippen LogP) is 7.18. The van der Waals surface area contributed by atoms with Crippen LogP contribution in [0.5, 0.6) is 0 Å². The van der Waals surface area contributed by atoms with Crippen molar-refractivity contribution in [1.29, 1.82) is 0 Å². The summed E-state index contributed by atoms with van der Waals surface area (Å²) in [5.41, 5.74) is 1.38. The van der Waals surface area contributed by atoms with Gasteiger partial charge in [0, 0.05) is 27.2 Å². The van der Waals surface area contributed by atoms with Crippen molar-refractivity contribution in [2.24, 2.45) is 11.8 Å². The number of hydrogen-bond acceptors (Lipinski definition) is 6. The minimum Gasteiger partial charge on any atom is -0.430 e. The summed E-state index contributed by atoms with van der Waals surface area (Å²) in [5.74, 6) is 0.183. The fourth-order valence-corrected chi connectivity index (χ4v) is 11.6. The van der Waals surface area contributed by atoms with E-state index in [9.17, 15) is 4.79 Å². The van der Waals surface area contributed by atoms with Crippen molar-refractivity contribution in [1.82, 2.24) is 0 Å². The molecule has 0 unspecified atom stereocenters. The molecule has 1 saturated heterocycles. The van der Waals surface area contributed by atoms with Crippen molar-refractivity contribution in [3.8, 4) is 0 Å². The third kappa shape index (κ3) is 6.85. The van der Waals surface area contributed by atoms with Crippen LogP contribution in [0.15, 0.2) is 84.5 Å². The number of carbonyl (C=O) groups excluding carboxylic acids is 1. The molecule has 2 fully saturated rings. The summed E-state index contributed by atoms with van der Waals surface area (Å²) in [4.78, 5) is 12.5. The molecule has 0 aromatic heterocycles. The van der Waals surface area contributed by atoms with E-state index in [4.69, 9.17) is 23.4 Å². The van der Waals surface area contributed by atoms with Crippen LogP contribution in [-0.4, -0.2) is 53.3 Å². The Hall–Kier alpha value is -2.71. The highest BCUT2D eigenvalue weighted by Gasteiger charge is 2.57. The fourth-order valence-electron chi connectivity index (χ4n) is 6.99. The predicted molar refractivity (Wildman–Crippen MR) is 174 cm³/mol. The Kier molecular flexibility index (Phi) is 10.8. The molecular formula is C36H50O6Si. The largest absolute Gasteiger partial charge is 0.509 e. The molecule has 2 aromatic rings. The first kappa shape index (κ1) is 33.2. The highest BCUT2D eigenvalue weighted by atomic mass is 28.4. The van der Waals surface area contributed by atoms with Gasteiger partial charge in [0.15, 0.2) is 6.29 Å². The molecule has 4 rings (SSSR count). The molecule has 6 nitrogen and oxygen atoms in total. The quantitative estimate of drug-likeness (QED) is 0.0983. The zero-order valence-electron chi connectivity index (χ0n) is 27.1. The average molecular weight is 607 g/mol. The Morgan fingerprint density at radius 1 is 1.02 bits per heavy atom. The number of benzene rings is 2. The van der Waals surface area contributed by atoms with E-state index in [-0.39, 0.29) is 29.3 Å². The Morgan fingerprint density at radius 3 is 2.12 bits per heavy atom. The highest BCUT2D eigenvalue weighted by Crippen LogP contribution is 2.51. The van der Waals surface area contributed by atoms with E-state index in [0.29, 0.717) is 25.9 Å². The van der Waals surface area contributed by atoms with Crippen molar-refractivity contribution < 1.29 is 28.2 Å².